The Labute approximate surface area is 127 Å². The Hall–Kier alpha value is -0.940. The Morgan fingerprint density at radius 3 is 2.60 bits per heavy atom. The molecule has 0 spiro atoms. The van der Waals surface area contributed by atoms with Crippen LogP contribution in [-0.4, -0.2) is 5.91 Å². The molecule has 0 aliphatic heterocycles. The van der Waals surface area contributed by atoms with Gasteiger partial charge < -0.3 is 11.5 Å². The SMILES string of the molecule is NC(=O)CC1(CC(N)c2ccc(F)c(Br)c2)CCCC1. The highest BCUT2D eigenvalue weighted by Crippen LogP contribution is 2.46. The van der Waals surface area contributed by atoms with Gasteiger partial charge in [-0.05, 0) is 58.3 Å². The van der Waals surface area contributed by atoms with Crippen LogP contribution in [0, 0.1) is 11.2 Å². The van der Waals surface area contributed by atoms with Gasteiger partial charge in [0.05, 0.1) is 4.47 Å². The highest BCUT2D eigenvalue weighted by atomic mass is 79.9. The van der Waals surface area contributed by atoms with Gasteiger partial charge in [0.25, 0.3) is 0 Å². The van der Waals surface area contributed by atoms with Crippen LogP contribution in [0.3, 0.4) is 0 Å². The van der Waals surface area contributed by atoms with Gasteiger partial charge in [0.15, 0.2) is 0 Å². The highest BCUT2D eigenvalue weighted by Gasteiger charge is 2.37. The maximum absolute atomic E-state index is 13.3. The Bertz CT molecular complexity index is 501. The number of hydrogen-bond donors (Lipinski definition) is 2. The molecule has 0 heterocycles. The molecule has 4 N–H and O–H groups in total. The number of amides is 1. The van der Waals surface area contributed by atoms with Crippen molar-refractivity contribution in [3.63, 3.8) is 0 Å². The summed E-state index contributed by atoms with van der Waals surface area (Å²) in [6, 6.07) is 4.63. The zero-order chi connectivity index (χ0) is 14.8. The van der Waals surface area contributed by atoms with Gasteiger partial charge in [0.2, 0.25) is 5.91 Å². The van der Waals surface area contributed by atoms with Crippen molar-refractivity contribution in [2.24, 2.45) is 16.9 Å². The lowest BCUT2D eigenvalue weighted by molar-refractivity contribution is -0.120. The first-order chi connectivity index (χ1) is 9.42. The third kappa shape index (κ3) is 3.58. The fourth-order valence-corrected chi connectivity index (χ4v) is 3.67. The van der Waals surface area contributed by atoms with E-state index in [1.807, 2.05) is 0 Å². The quantitative estimate of drug-likeness (QED) is 0.860. The van der Waals surface area contributed by atoms with Crippen molar-refractivity contribution in [1.82, 2.24) is 0 Å². The summed E-state index contributed by atoms with van der Waals surface area (Å²) in [7, 11) is 0. The van der Waals surface area contributed by atoms with E-state index in [9.17, 15) is 9.18 Å². The molecule has 2 rings (SSSR count). The number of carbonyl (C=O) groups is 1. The molecule has 1 aliphatic carbocycles. The molecule has 0 saturated heterocycles. The number of benzene rings is 1. The van der Waals surface area contributed by atoms with Crippen molar-refractivity contribution in [2.45, 2.75) is 44.6 Å². The van der Waals surface area contributed by atoms with Gasteiger partial charge in [-0.1, -0.05) is 18.9 Å². The molecule has 1 unspecified atom stereocenters. The number of primary amides is 1. The minimum atomic E-state index is -0.298. The fourth-order valence-electron chi connectivity index (χ4n) is 3.28. The molecule has 1 amide bonds. The molecule has 0 radical (unpaired) electrons. The van der Waals surface area contributed by atoms with Crippen molar-refractivity contribution in [1.29, 1.82) is 0 Å². The van der Waals surface area contributed by atoms with E-state index in [0.717, 1.165) is 31.2 Å². The van der Waals surface area contributed by atoms with E-state index in [0.29, 0.717) is 17.3 Å². The van der Waals surface area contributed by atoms with Crippen molar-refractivity contribution in [3.05, 3.63) is 34.1 Å². The van der Waals surface area contributed by atoms with Crippen molar-refractivity contribution in [3.8, 4) is 0 Å². The second kappa shape index (κ2) is 6.22. The Morgan fingerprint density at radius 1 is 1.40 bits per heavy atom. The summed E-state index contributed by atoms with van der Waals surface area (Å²) in [5.41, 5.74) is 12.4. The molecule has 1 aromatic rings. The predicted octanol–water partition coefficient (Wildman–Crippen LogP) is 3.41. The minimum Gasteiger partial charge on any atom is -0.370 e. The fraction of sp³-hybridized carbons (Fsp3) is 0.533. The average Bonchev–Trinajstić information content (AvgIpc) is 2.79. The number of rotatable bonds is 5. The van der Waals surface area contributed by atoms with Gasteiger partial charge >= 0.3 is 0 Å². The van der Waals surface area contributed by atoms with E-state index in [1.54, 1.807) is 12.1 Å². The minimum absolute atomic E-state index is 0.0773. The summed E-state index contributed by atoms with van der Waals surface area (Å²) in [5.74, 6) is -0.562. The monoisotopic (exact) mass is 342 g/mol. The lowest BCUT2D eigenvalue weighted by Crippen LogP contribution is -2.29. The summed E-state index contributed by atoms with van der Waals surface area (Å²) in [6.07, 6.45) is 5.33. The maximum atomic E-state index is 13.3. The normalized spacial score (nSPS) is 18.9. The smallest absolute Gasteiger partial charge is 0.217 e. The zero-order valence-electron chi connectivity index (χ0n) is 11.4. The predicted molar refractivity (Wildman–Crippen MR) is 80.4 cm³/mol. The highest BCUT2D eigenvalue weighted by molar-refractivity contribution is 9.10. The van der Waals surface area contributed by atoms with Gasteiger partial charge in [-0.3, -0.25) is 4.79 Å². The average molecular weight is 343 g/mol. The molecule has 1 aliphatic rings. The molecule has 1 atom stereocenters. The van der Waals surface area contributed by atoms with E-state index < -0.39 is 0 Å². The van der Waals surface area contributed by atoms with Crippen molar-refractivity contribution >= 4 is 21.8 Å². The van der Waals surface area contributed by atoms with Crippen LogP contribution in [0.15, 0.2) is 22.7 Å². The van der Waals surface area contributed by atoms with Crippen molar-refractivity contribution < 1.29 is 9.18 Å². The Morgan fingerprint density at radius 2 is 2.05 bits per heavy atom. The standard InChI is InChI=1S/C15H20BrFN2O/c16-11-7-10(3-4-12(11)17)13(18)8-15(9-14(19)20)5-1-2-6-15/h3-4,7,13H,1-2,5-6,8-9,18H2,(H2,19,20). The van der Waals surface area contributed by atoms with E-state index in [4.69, 9.17) is 11.5 Å². The summed E-state index contributed by atoms with van der Waals surface area (Å²) in [5, 5.41) is 0. The molecule has 0 aromatic heterocycles. The van der Waals surface area contributed by atoms with Crippen LogP contribution in [0.2, 0.25) is 0 Å². The van der Waals surface area contributed by atoms with Crippen LogP contribution in [0.25, 0.3) is 0 Å². The number of nitrogens with two attached hydrogens (primary N) is 2. The van der Waals surface area contributed by atoms with Gasteiger partial charge in [0.1, 0.15) is 5.82 Å². The first-order valence-corrected chi connectivity index (χ1v) is 7.70. The van der Waals surface area contributed by atoms with Crippen LogP contribution in [0.4, 0.5) is 4.39 Å². The third-order valence-corrected chi connectivity index (χ3v) is 4.85. The number of hydrogen-bond acceptors (Lipinski definition) is 2. The lowest BCUT2D eigenvalue weighted by atomic mass is 9.76. The summed E-state index contributed by atoms with van der Waals surface area (Å²) in [6.45, 7) is 0. The van der Waals surface area contributed by atoms with E-state index in [2.05, 4.69) is 15.9 Å². The first kappa shape index (κ1) is 15.4. The van der Waals surface area contributed by atoms with Gasteiger partial charge in [-0.15, -0.1) is 0 Å². The molecule has 110 valence electrons. The van der Waals surface area contributed by atoms with E-state index >= 15 is 0 Å². The van der Waals surface area contributed by atoms with Crippen LogP contribution in [0.5, 0.6) is 0 Å². The Balaban J connectivity index is 2.13. The first-order valence-electron chi connectivity index (χ1n) is 6.91. The number of halogens is 2. The van der Waals surface area contributed by atoms with Crippen LogP contribution in [-0.2, 0) is 4.79 Å². The third-order valence-electron chi connectivity index (χ3n) is 4.24. The summed E-state index contributed by atoms with van der Waals surface area (Å²) < 4.78 is 13.7. The van der Waals surface area contributed by atoms with Crippen LogP contribution < -0.4 is 11.5 Å². The molecular weight excluding hydrogens is 323 g/mol. The van der Waals surface area contributed by atoms with Crippen LogP contribution in [0.1, 0.15) is 50.1 Å². The number of carbonyl (C=O) groups excluding carboxylic acids is 1. The second-order valence-corrected chi connectivity index (χ2v) is 6.69. The molecule has 0 bridgehead atoms. The second-order valence-electron chi connectivity index (χ2n) is 5.83. The maximum Gasteiger partial charge on any atom is 0.217 e. The van der Waals surface area contributed by atoms with Crippen LogP contribution >= 0.6 is 15.9 Å². The van der Waals surface area contributed by atoms with E-state index in [1.165, 1.54) is 6.07 Å². The molecule has 3 nitrogen and oxygen atoms in total. The molecule has 1 aromatic carbocycles. The molecule has 5 heteroatoms. The molecule has 1 saturated carbocycles. The van der Waals surface area contributed by atoms with E-state index in [-0.39, 0.29) is 23.2 Å². The van der Waals surface area contributed by atoms with Gasteiger partial charge in [-0.2, -0.15) is 0 Å². The van der Waals surface area contributed by atoms with Gasteiger partial charge in [-0.25, -0.2) is 4.39 Å². The Kier molecular flexibility index (Phi) is 4.81. The topological polar surface area (TPSA) is 69.1 Å². The summed E-state index contributed by atoms with van der Waals surface area (Å²) >= 11 is 3.18. The zero-order valence-corrected chi connectivity index (χ0v) is 13.0. The molecule has 1 fully saturated rings. The molecule has 20 heavy (non-hydrogen) atoms. The van der Waals surface area contributed by atoms with Gasteiger partial charge in [0, 0.05) is 12.5 Å². The summed E-state index contributed by atoms with van der Waals surface area (Å²) in [4.78, 5) is 11.3. The lowest BCUT2D eigenvalue weighted by Gasteiger charge is -2.31. The molecular formula is C15H20BrFN2O. The van der Waals surface area contributed by atoms with Crippen molar-refractivity contribution in [2.75, 3.05) is 0 Å². The largest absolute Gasteiger partial charge is 0.370 e.